The minimum Gasteiger partial charge on any atom is -0.368 e. The Bertz CT molecular complexity index is 436. The first-order valence-electron chi connectivity index (χ1n) is 4.66. The Morgan fingerprint density at radius 1 is 1.47 bits per heavy atom. The lowest BCUT2D eigenvalue weighted by atomic mass is 10.0. The van der Waals surface area contributed by atoms with E-state index in [0.29, 0.717) is 5.96 Å². The van der Waals surface area contributed by atoms with Gasteiger partial charge in [0.2, 0.25) is 5.96 Å². The molecule has 1 aliphatic heterocycles. The molecule has 0 saturated heterocycles. The van der Waals surface area contributed by atoms with Gasteiger partial charge in [-0.3, -0.25) is 0 Å². The second kappa shape index (κ2) is 3.94. The van der Waals surface area contributed by atoms with Gasteiger partial charge in [0.15, 0.2) is 0 Å². The molecule has 3 nitrogen and oxygen atoms in total. The van der Waals surface area contributed by atoms with Crippen molar-refractivity contribution in [2.45, 2.75) is 25.3 Å². The molecule has 0 aromatic carbocycles. The van der Waals surface area contributed by atoms with E-state index >= 15 is 0 Å². The molecule has 0 spiro atoms. The Morgan fingerprint density at radius 2 is 2.20 bits per heavy atom. The molecule has 2 rings (SSSR count). The Morgan fingerprint density at radius 3 is 2.80 bits per heavy atom. The summed E-state index contributed by atoms with van der Waals surface area (Å²) in [5.74, 6) is 0.306. The maximum Gasteiger partial charge on any atom is 0.215 e. The maximum atomic E-state index is 6.16. The van der Waals surface area contributed by atoms with Crippen LogP contribution in [0, 0.1) is 13.8 Å². The summed E-state index contributed by atoms with van der Waals surface area (Å²) in [5, 5.41) is -0.204. The van der Waals surface area contributed by atoms with Gasteiger partial charge < -0.3 is 5.73 Å². The molecule has 1 aliphatic rings. The quantitative estimate of drug-likeness (QED) is 0.755. The first kappa shape index (κ1) is 10.6. The normalized spacial score (nSPS) is 25.4. The topological polar surface area (TPSA) is 50.7 Å². The van der Waals surface area contributed by atoms with Crippen molar-refractivity contribution in [3.63, 3.8) is 0 Å². The zero-order valence-electron chi connectivity index (χ0n) is 8.57. The molecule has 1 aromatic heterocycles. The van der Waals surface area contributed by atoms with Crippen molar-refractivity contribution in [3.05, 3.63) is 21.4 Å². The van der Waals surface area contributed by atoms with Gasteiger partial charge in [0.05, 0.1) is 5.38 Å². The van der Waals surface area contributed by atoms with Crippen molar-refractivity contribution in [3.8, 4) is 0 Å². The van der Waals surface area contributed by atoms with Crippen LogP contribution in [-0.4, -0.2) is 17.6 Å². The number of halogens is 1. The van der Waals surface area contributed by atoms with E-state index in [-0.39, 0.29) is 11.4 Å². The monoisotopic (exact) mass is 241 g/mol. The van der Waals surface area contributed by atoms with E-state index in [9.17, 15) is 0 Å². The Labute approximate surface area is 97.7 Å². The molecule has 1 aromatic rings. The van der Waals surface area contributed by atoms with Crippen molar-refractivity contribution in [1.82, 2.24) is 0 Å². The number of thiophene rings is 1. The molecule has 15 heavy (non-hydrogen) atoms. The third-order valence-electron chi connectivity index (χ3n) is 2.32. The van der Waals surface area contributed by atoms with Crippen LogP contribution < -0.4 is 5.73 Å². The van der Waals surface area contributed by atoms with Crippen LogP contribution >= 0.6 is 22.9 Å². The summed E-state index contributed by atoms with van der Waals surface area (Å²) in [6, 6.07) is 2.03. The second-order valence-corrected chi connectivity index (χ2v) is 5.49. The van der Waals surface area contributed by atoms with E-state index in [2.05, 4.69) is 29.9 Å². The number of nitrogens with zero attached hydrogens (tertiary/aromatic N) is 2. The molecule has 5 heteroatoms. The summed E-state index contributed by atoms with van der Waals surface area (Å²) in [5.41, 5.74) is 6.74. The lowest BCUT2D eigenvalue weighted by Gasteiger charge is -2.18. The van der Waals surface area contributed by atoms with Gasteiger partial charge in [-0.15, -0.1) is 22.9 Å². The number of hydrogen-bond donors (Lipinski definition) is 1. The zero-order chi connectivity index (χ0) is 11.0. The van der Waals surface area contributed by atoms with Crippen LogP contribution in [0.3, 0.4) is 0 Å². The Balaban J connectivity index is 2.38. The fourth-order valence-electron chi connectivity index (χ4n) is 1.66. The average molecular weight is 242 g/mol. The fraction of sp³-hybridized carbons (Fsp3) is 0.400. The minimum absolute atomic E-state index is 0.0888. The molecule has 2 unspecified atom stereocenters. The molecular weight excluding hydrogens is 230 g/mol. The summed E-state index contributed by atoms with van der Waals surface area (Å²) in [7, 11) is 0. The van der Waals surface area contributed by atoms with Crippen LogP contribution in [0.1, 0.15) is 21.4 Å². The summed E-state index contributed by atoms with van der Waals surface area (Å²) in [6.07, 6.45) is 1.65. The molecule has 80 valence electrons. The average Bonchev–Trinajstić information content (AvgIpc) is 2.50. The molecule has 0 bridgehead atoms. The number of aliphatic imine (C=N–C) groups is 2. The van der Waals surface area contributed by atoms with Crippen LogP contribution in [0.4, 0.5) is 0 Å². The second-order valence-electron chi connectivity index (χ2n) is 3.52. The third-order valence-corrected chi connectivity index (χ3v) is 3.65. The third kappa shape index (κ3) is 2.06. The van der Waals surface area contributed by atoms with E-state index in [0.717, 1.165) is 5.56 Å². The molecule has 2 atom stereocenters. The van der Waals surface area contributed by atoms with Crippen molar-refractivity contribution >= 4 is 35.1 Å². The first-order chi connectivity index (χ1) is 7.08. The van der Waals surface area contributed by atoms with Gasteiger partial charge >= 0.3 is 0 Å². The van der Waals surface area contributed by atoms with Gasteiger partial charge in [0, 0.05) is 16.0 Å². The molecule has 0 amide bonds. The highest BCUT2D eigenvalue weighted by atomic mass is 35.5. The van der Waals surface area contributed by atoms with Crippen LogP contribution in [0.2, 0.25) is 0 Å². The van der Waals surface area contributed by atoms with Crippen molar-refractivity contribution < 1.29 is 0 Å². The number of guanidine groups is 1. The highest BCUT2D eigenvalue weighted by Crippen LogP contribution is 2.33. The molecule has 2 N–H and O–H groups in total. The number of hydrogen-bond acceptors (Lipinski definition) is 4. The van der Waals surface area contributed by atoms with Gasteiger partial charge in [0.25, 0.3) is 0 Å². The smallest absolute Gasteiger partial charge is 0.215 e. The lowest BCUT2D eigenvalue weighted by molar-refractivity contribution is 0.763. The Kier molecular flexibility index (Phi) is 2.80. The maximum absolute atomic E-state index is 6.16. The van der Waals surface area contributed by atoms with Crippen molar-refractivity contribution in [2.24, 2.45) is 15.7 Å². The highest BCUT2D eigenvalue weighted by molar-refractivity contribution is 7.12. The highest BCUT2D eigenvalue weighted by Gasteiger charge is 2.25. The minimum atomic E-state index is -0.204. The molecule has 0 fully saturated rings. The predicted molar refractivity (Wildman–Crippen MR) is 66.3 cm³/mol. The number of aryl methyl sites for hydroxylation is 2. The van der Waals surface area contributed by atoms with Gasteiger partial charge in [-0.05, 0) is 25.5 Å². The molecule has 0 radical (unpaired) electrons. The lowest BCUT2D eigenvalue weighted by Crippen LogP contribution is -2.23. The van der Waals surface area contributed by atoms with Crippen LogP contribution in [0.5, 0.6) is 0 Å². The first-order valence-corrected chi connectivity index (χ1v) is 5.91. The van der Waals surface area contributed by atoms with Crippen LogP contribution in [-0.2, 0) is 0 Å². The molecule has 0 saturated carbocycles. The van der Waals surface area contributed by atoms with E-state index < -0.39 is 0 Å². The molecule has 2 heterocycles. The number of nitrogens with two attached hydrogens (primary N) is 1. The Hall–Kier alpha value is -0.870. The molecule has 0 aliphatic carbocycles. The van der Waals surface area contributed by atoms with Gasteiger partial charge in [0.1, 0.15) is 6.04 Å². The van der Waals surface area contributed by atoms with Crippen molar-refractivity contribution in [1.29, 1.82) is 0 Å². The number of alkyl halides is 1. The van der Waals surface area contributed by atoms with Crippen molar-refractivity contribution in [2.75, 3.05) is 0 Å². The van der Waals surface area contributed by atoms with E-state index in [4.69, 9.17) is 17.3 Å². The predicted octanol–water partition coefficient (Wildman–Crippen LogP) is 2.41. The van der Waals surface area contributed by atoms with Crippen LogP contribution in [0.15, 0.2) is 16.1 Å². The summed E-state index contributed by atoms with van der Waals surface area (Å²) in [6.45, 7) is 4.16. The van der Waals surface area contributed by atoms with Crippen LogP contribution in [0.25, 0.3) is 0 Å². The summed E-state index contributed by atoms with van der Waals surface area (Å²) >= 11 is 7.91. The summed E-state index contributed by atoms with van der Waals surface area (Å²) < 4.78 is 0. The van der Waals surface area contributed by atoms with Gasteiger partial charge in [-0.2, -0.15) is 0 Å². The number of rotatable bonds is 1. The van der Waals surface area contributed by atoms with E-state index in [1.54, 1.807) is 17.6 Å². The van der Waals surface area contributed by atoms with Gasteiger partial charge in [-0.1, -0.05) is 0 Å². The van der Waals surface area contributed by atoms with E-state index in [1.807, 2.05) is 0 Å². The molecular formula is C10H12ClN3S. The van der Waals surface area contributed by atoms with Gasteiger partial charge in [-0.25, -0.2) is 9.98 Å². The zero-order valence-corrected chi connectivity index (χ0v) is 10.1. The van der Waals surface area contributed by atoms with E-state index in [1.165, 1.54) is 9.75 Å². The fourth-order valence-corrected chi connectivity index (χ4v) is 2.88. The summed E-state index contributed by atoms with van der Waals surface area (Å²) in [4.78, 5) is 10.7. The largest absolute Gasteiger partial charge is 0.368 e. The standard InChI is InChI=1S/C10H12ClN3S/c1-5-3-7(6(2)15-5)9-8(11)4-13-10(12)14-9/h3-4,8-9H,1-2H3,(H2,12,14). The SMILES string of the molecule is Cc1cc(C2N=C(N)N=CC2Cl)c(C)s1.